The fourth-order valence-electron chi connectivity index (χ4n) is 1.71. The zero-order valence-electron chi connectivity index (χ0n) is 10.0. The molecule has 1 aromatic heterocycles. The Morgan fingerprint density at radius 3 is 2.41 bits per heavy atom. The summed E-state index contributed by atoms with van der Waals surface area (Å²) < 4.78 is 13.0. The number of hydrogen-bond acceptors (Lipinski definition) is 2. The molecular weight excluding hydrogens is 215 g/mol. The Morgan fingerprint density at radius 1 is 1.12 bits per heavy atom. The summed E-state index contributed by atoms with van der Waals surface area (Å²) in [6, 6.07) is 11.5. The molecule has 0 N–H and O–H groups in total. The van der Waals surface area contributed by atoms with Crippen molar-refractivity contribution >= 4 is 11.4 Å². The highest BCUT2D eigenvalue weighted by Crippen LogP contribution is 2.23. The van der Waals surface area contributed by atoms with E-state index in [-0.39, 0.29) is 0 Å². The van der Waals surface area contributed by atoms with Gasteiger partial charge in [0, 0.05) is 30.7 Å². The lowest BCUT2D eigenvalue weighted by atomic mass is 10.1. The van der Waals surface area contributed by atoms with Gasteiger partial charge in [-0.2, -0.15) is 4.39 Å². The van der Waals surface area contributed by atoms with Crippen LogP contribution in [0.25, 0.3) is 0 Å². The zero-order valence-corrected chi connectivity index (χ0v) is 10.0. The maximum Gasteiger partial charge on any atom is 0.214 e. The molecule has 0 aliphatic rings. The van der Waals surface area contributed by atoms with Gasteiger partial charge in [-0.3, -0.25) is 0 Å². The molecule has 0 aliphatic heterocycles. The van der Waals surface area contributed by atoms with E-state index in [1.807, 2.05) is 24.1 Å². The van der Waals surface area contributed by atoms with Crippen LogP contribution >= 0.6 is 0 Å². The van der Waals surface area contributed by atoms with Crippen LogP contribution in [0.4, 0.5) is 15.8 Å². The minimum absolute atomic E-state index is 0.459. The predicted molar refractivity (Wildman–Crippen MR) is 68.1 cm³/mol. The van der Waals surface area contributed by atoms with Gasteiger partial charge >= 0.3 is 0 Å². The molecule has 0 atom stereocenters. The highest BCUT2D eigenvalue weighted by atomic mass is 19.1. The molecule has 0 bridgehead atoms. The molecule has 2 aromatic rings. The third kappa shape index (κ3) is 2.61. The minimum Gasteiger partial charge on any atom is -0.344 e. The molecule has 2 rings (SSSR count). The fourth-order valence-corrected chi connectivity index (χ4v) is 1.71. The Morgan fingerprint density at radius 2 is 1.82 bits per heavy atom. The van der Waals surface area contributed by atoms with Crippen LogP contribution in [0.1, 0.15) is 12.5 Å². The summed E-state index contributed by atoms with van der Waals surface area (Å²) in [4.78, 5) is 5.48. The number of aromatic nitrogens is 1. The summed E-state index contributed by atoms with van der Waals surface area (Å²) in [5, 5.41) is 0. The van der Waals surface area contributed by atoms with Gasteiger partial charge in [0.05, 0.1) is 0 Å². The summed E-state index contributed by atoms with van der Waals surface area (Å²) in [7, 11) is 1.91. The van der Waals surface area contributed by atoms with E-state index in [1.54, 1.807) is 6.07 Å². The van der Waals surface area contributed by atoms with Crippen LogP contribution in [-0.4, -0.2) is 12.0 Å². The van der Waals surface area contributed by atoms with Crippen molar-refractivity contribution < 1.29 is 4.39 Å². The molecule has 0 radical (unpaired) electrons. The van der Waals surface area contributed by atoms with Crippen molar-refractivity contribution in [2.45, 2.75) is 13.3 Å². The molecule has 2 nitrogen and oxygen atoms in total. The molecular formula is C14H15FN2. The van der Waals surface area contributed by atoms with Gasteiger partial charge in [0.25, 0.3) is 0 Å². The zero-order chi connectivity index (χ0) is 12.3. The van der Waals surface area contributed by atoms with E-state index in [0.717, 1.165) is 17.8 Å². The van der Waals surface area contributed by atoms with Crippen molar-refractivity contribution in [3.8, 4) is 0 Å². The molecule has 3 heteroatoms. The number of benzene rings is 1. The van der Waals surface area contributed by atoms with Gasteiger partial charge in [-0.15, -0.1) is 0 Å². The average molecular weight is 230 g/mol. The summed E-state index contributed by atoms with van der Waals surface area (Å²) >= 11 is 0. The predicted octanol–water partition coefficient (Wildman–Crippen LogP) is 3.55. The largest absolute Gasteiger partial charge is 0.344 e. The average Bonchev–Trinajstić information content (AvgIpc) is 2.38. The Bertz CT molecular complexity index is 494. The maximum absolute atomic E-state index is 13.0. The van der Waals surface area contributed by atoms with E-state index in [1.165, 1.54) is 17.8 Å². The van der Waals surface area contributed by atoms with Crippen molar-refractivity contribution in [3.63, 3.8) is 0 Å². The number of hydrogen-bond donors (Lipinski definition) is 0. The van der Waals surface area contributed by atoms with Crippen molar-refractivity contribution in [2.24, 2.45) is 0 Å². The lowest BCUT2D eigenvalue weighted by Gasteiger charge is -2.19. The molecule has 1 heterocycles. The first-order chi connectivity index (χ1) is 8.20. The molecule has 0 aliphatic carbocycles. The minimum atomic E-state index is -0.459. The number of aryl methyl sites for hydroxylation is 1. The van der Waals surface area contributed by atoms with Crippen LogP contribution in [0.2, 0.25) is 0 Å². The van der Waals surface area contributed by atoms with Gasteiger partial charge < -0.3 is 4.90 Å². The first-order valence-electron chi connectivity index (χ1n) is 5.65. The molecule has 0 amide bonds. The molecule has 0 fully saturated rings. The Balaban J connectivity index is 2.27. The standard InChI is InChI=1S/C14H15FN2/c1-3-11-4-6-12(7-5-11)17(2)13-8-9-16-14(15)10-13/h4-10H,3H2,1-2H3. The third-order valence-electron chi connectivity index (χ3n) is 2.83. The Labute approximate surface area is 101 Å². The maximum atomic E-state index is 13.0. The Hall–Kier alpha value is -1.90. The van der Waals surface area contributed by atoms with E-state index < -0.39 is 5.95 Å². The SMILES string of the molecule is CCc1ccc(N(C)c2ccnc(F)c2)cc1. The van der Waals surface area contributed by atoms with Crippen molar-refractivity contribution in [2.75, 3.05) is 11.9 Å². The van der Waals surface area contributed by atoms with Crippen LogP contribution in [0, 0.1) is 5.95 Å². The smallest absolute Gasteiger partial charge is 0.214 e. The fraction of sp³-hybridized carbons (Fsp3) is 0.214. The normalized spacial score (nSPS) is 10.3. The first kappa shape index (κ1) is 11.6. The summed E-state index contributed by atoms with van der Waals surface area (Å²) in [6.45, 7) is 2.12. The monoisotopic (exact) mass is 230 g/mol. The van der Waals surface area contributed by atoms with E-state index >= 15 is 0 Å². The van der Waals surface area contributed by atoms with Crippen LogP contribution in [0.5, 0.6) is 0 Å². The van der Waals surface area contributed by atoms with Crippen LogP contribution < -0.4 is 4.90 Å². The summed E-state index contributed by atoms with van der Waals surface area (Å²) in [6.07, 6.45) is 2.50. The third-order valence-corrected chi connectivity index (χ3v) is 2.83. The number of pyridine rings is 1. The molecule has 0 unspecified atom stereocenters. The highest BCUT2D eigenvalue weighted by molar-refractivity contribution is 5.62. The molecule has 1 aromatic carbocycles. The Kier molecular flexibility index (Phi) is 3.38. The van der Waals surface area contributed by atoms with Gasteiger partial charge in [0.1, 0.15) is 0 Å². The van der Waals surface area contributed by atoms with E-state index in [9.17, 15) is 4.39 Å². The van der Waals surface area contributed by atoms with Crippen LogP contribution in [0.15, 0.2) is 42.6 Å². The van der Waals surface area contributed by atoms with Gasteiger partial charge in [-0.1, -0.05) is 19.1 Å². The number of anilines is 2. The molecule has 17 heavy (non-hydrogen) atoms. The highest BCUT2D eigenvalue weighted by Gasteiger charge is 2.04. The van der Waals surface area contributed by atoms with Gasteiger partial charge in [0.2, 0.25) is 5.95 Å². The second kappa shape index (κ2) is 4.95. The van der Waals surface area contributed by atoms with Gasteiger partial charge in [-0.05, 0) is 30.2 Å². The molecule has 0 saturated carbocycles. The van der Waals surface area contributed by atoms with Gasteiger partial charge in [-0.25, -0.2) is 4.98 Å². The van der Waals surface area contributed by atoms with Crippen molar-refractivity contribution in [1.82, 2.24) is 4.98 Å². The number of halogens is 1. The molecule has 0 spiro atoms. The van der Waals surface area contributed by atoms with E-state index in [2.05, 4.69) is 24.0 Å². The van der Waals surface area contributed by atoms with E-state index in [0.29, 0.717) is 0 Å². The van der Waals surface area contributed by atoms with Crippen molar-refractivity contribution in [3.05, 3.63) is 54.1 Å². The summed E-state index contributed by atoms with van der Waals surface area (Å²) in [5.74, 6) is -0.459. The van der Waals surface area contributed by atoms with Crippen molar-refractivity contribution in [1.29, 1.82) is 0 Å². The summed E-state index contributed by atoms with van der Waals surface area (Å²) in [5.41, 5.74) is 3.12. The van der Waals surface area contributed by atoms with Crippen LogP contribution in [0.3, 0.4) is 0 Å². The second-order valence-electron chi connectivity index (χ2n) is 3.92. The van der Waals surface area contributed by atoms with E-state index in [4.69, 9.17) is 0 Å². The van der Waals surface area contributed by atoms with Crippen LogP contribution in [-0.2, 0) is 6.42 Å². The molecule has 0 saturated heterocycles. The molecule has 88 valence electrons. The number of nitrogens with zero attached hydrogens (tertiary/aromatic N) is 2. The van der Waals surface area contributed by atoms with Gasteiger partial charge in [0.15, 0.2) is 0 Å². The first-order valence-corrected chi connectivity index (χ1v) is 5.65. The lowest BCUT2D eigenvalue weighted by molar-refractivity contribution is 0.584. The lowest BCUT2D eigenvalue weighted by Crippen LogP contribution is -2.09. The topological polar surface area (TPSA) is 16.1 Å². The number of rotatable bonds is 3. The quantitative estimate of drug-likeness (QED) is 0.749. The second-order valence-corrected chi connectivity index (χ2v) is 3.92.